The van der Waals surface area contributed by atoms with Gasteiger partial charge >= 0.3 is 6.01 Å². The van der Waals surface area contributed by atoms with Crippen molar-refractivity contribution in [3.63, 3.8) is 0 Å². The Bertz CT molecular complexity index is 1120. The zero-order valence-electron chi connectivity index (χ0n) is 17.8. The number of hydrogen-bond acceptors (Lipinski definition) is 10. The molecule has 1 amide bonds. The molecule has 32 heavy (non-hydrogen) atoms. The number of nitrogens with two attached hydrogens (primary N) is 1. The van der Waals surface area contributed by atoms with Crippen LogP contribution in [0.5, 0.6) is 11.8 Å². The van der Waals surface area contributed by atoms with Crippen molar-refractivity contribution in [2.45, 2.75) is 25.0 Å². The normalized spacial score (nSPS) is 19.8. The van der Waals surface area contributed by atoms with E-state index < -0.39 is 0 Å². The van der Waals surface area contributed by atoms with Crippen LogP contribution < -0.4 is 15.4 Å². The number of amides is 1. The molecule has 2 aliphatic rings. The van der Waals surface area contributed by atoms with Gasteiger partial charge in [-0.1, -0.05) is 11.3 Å². The molecule has 2 bridgehead atoms. The van der Waals surface area contributed by atoms with Gasteiger partial charge in [-0.15, -0.1) is 0 Å². The van der Waals surface area contributed by atoms with Gasteiger partial charge in [0.1, 0.15) is 5.75 Å². The number of morpholine rings is 1. The van der Waals surface area contributed by atoms with Crippen molar-refractivity contribution in [2.75, 3.05) is 37.8 Å². The van der Waals surface area contributed by atoms with Crippen LogP contribution in [0, 0.1) is 0 Å². The fraction of sp³-hybridized carbons (Fsp3) is 0.381. The van der Waals surface area contributed by atoms with Crippen molar-refractivity contribution < 1.29 is 14.3 Å². The first-order chi connectivity index (χ1) is 15.4. The van der Waals surface area contributed by atoms with Gasteiger partial charge in [0.05, 0.1) is 23.3 Å². The molecule has 0 spiro atoms. The van der Waals surface area contributed by atoms with Crippen LogP contribution in [0.3, 0.4) is 0 Å². The summed E-state index contributed by atoms with van der Waals surface area (Å²) in [6.07, 6.45) is 4.13. The number of hydrogen-bond donors (Lipinski definition) is 1. The van der Waals surface area contributed by atoms with E-state index in [1.165, 1.54) is 16.2 Å². The average molecular weight is 454 g/mol. The topological polar surface area (TPSA) is 120 Å². The number of thiazole rings is 1. The zero-order valence-corrected chi connectivity index (χ0v) is 18.6. The van der Waals surface area contributed by atoms with Crippen molar-refractivity contribution in [3.8, 4) is 22.5 Å². The number of fused-ring (bicyclic) bond motifs is 2. The molecule has 0 saturated carbocycles. The van der Waals surface area contributed by atoms with Gasteiger partial charge in [-0.05, 0) is 37.1 Å². The highest BCUT2D eigenvalue weighted by molar-refractivity contribution is 7.18. The predicted octanol–water partition coefficient (Wildman–Crippen LogP) is 2.44. The maximum Gasteiger partial charge on any atom is 0.327 e. The summed E-state index contributed by atoms with van der Waals surface area (Å²) in [5.74, 6) is 1.44. The van der Waals surface area contributed by atoms with E-state index in [-0.39, 0.29) is 24.1 Å². The smallest absolute Gasteiger partial charge is 0.327 e. The van der Waals surface area contributed by atoms with E-state index in [9.17, 15) is 4.79 Å². The number of rotatable bonds is 5. The van der Waals surface area contributed by atoms with E-state index in [1.807, 2.05) is 0 Å². The van der Waals surface area contributed by atoms with E-state index in [0.717, 1.165) is 30.8 Å². The van der Waals surface area contributed by atoms with Crippen molar-refractivity contribution in [1.29, 1.82) is 0 Å². The molecule has 2 atom stereocenters. The van der Waals surface area contributed by atoms with Gasteiger partial charge in [-0.3, -0.25) is 4.79 Å². The minimum Gasteiger partial charge on any atom is -0.424 e. The molecule has 0 aliphatic carbocycles. The lowest BCUT2D eigenvalue weighted by Crippen LogP contribution is -2.43. The summed E-state index contributed by atoms with van der Waals surface area (Å²) in [4.78, 5) is 34.3. The summed E-state index contributed by atoms with van der Waals surface area (Å²) in [5, 5.41) is 0.440. The second-order valence-corrected chi connectivity index (χ2v) is 9.06. The lowest BCUT2D eigenvalue weighted by molar-refractivity contribution is 0.0299. The summed E-state index contributed by atoms with van der Waals surface area (Å²) in [6.45, 7) is 1.46. The molecule has 1 aromatic carbocycles. The quantitative estimate of drug-likeness (QED) is 0.621. The van der Waals surface area contributed by atoms with Gasteiger partial charge in [0, 0.05) is 32.7 Å². The summed E-state index contributed by atoms with van der Waals surface area (Å²) in [6, 6.07) is 7.04. The van der Waals surface area contributed by atoms with Gasteiger partial charge < -0.3 is 25.0 Å². The third kappa shape index (κ3) is 4.21. The van der Waals surface area contributed by atoms with Crippen LogP contribution in [0.25, 0.3) is 10.7 Å². The van der Waals surface area contributed by atoms with Crippen molar-refractivity contribution in [3.05, 3.63) is 36.0 Å². The molecule has 4 heterocycles. The third-order valence-corrected chi connectivity index (χ3v) is 6.21. The highest BCUT2D eigenvalue weighted by Gasteiger charge is 2.35. The summed E-state index contributed by atoms with van der Waals surface area (Å²) in [7, 11) is 3.43. The van der Waals surface area contributed by atoms with Crippen LogP contribution in [0.15, 0.2) is 30.5 Å². The number of ether oxygens (including phenoxy) is 2. The second kappa shape index (κ2) is 8.32. The number of benzene rings is 1. The Hall–Kier alpha value is -3.31. The maximum atomic E-state index is 12.1. The SMILES string of the molecule is CN(C)C(=O)c1ccc(Oc2nc(-c3cnc(N)s3)nc(N3CC4CCC(C3)O4)n2)cc1. The van der Waals surface area contributed by atoms with Crippen LogP contribution >= 0.6 is 11.3 Å². The molecule has 5 rings (SSSR count). The Morgan fingerprint density at radius 3 is 2.50 bits per heavy atom. The molecule has 2 N–H and O–H groups in total. The number of nitrogens with zero attached hydrogens (tertiary/aromatic N) is 6. The van der Waals surface area contributed by atoms with Crippen molar-refractivity contribution >= 4 is 28.3 Å². The molecule has 2 aromatic heterocycles. The second-order valence-electron chi connectivity index (χ2n) is 7.99. The van der Waals surface area contributed by atoms with Gasteiger partial charge in [-0.25, -0.2) is 4.98 Å². The Labute approximate surface area is 189 Å². The van der Waals surface area contributed by atoms with Gasteiger partial charge in [0.2, 0.25) is 5.95 Å². The molecular formula is C21H23N7O3S. The molecule has 2 aliphatic heterocycles. The summed E-state index contributed by atoms with van der Waals surface area (Å²) in [5.41, 5.74) is 6.38. The fourth-order valence-electron chi connectivity index (χ4n) is 3.84. The van der Waals surface area contributed by atoms with E-state index in [0.29, 0.717) is 28.2 Å². The van der Waals surface area contributed by atoms with Gasteiger partial charge in [-0.2, -0.15) is 15.0 Å². The molecule has 11 heteroatoms. The maximum absolute atomic E-state index is 12.1. The Kier molecular flexibility index (Phi) is 5.35. The molecule has 3 aromatic rings. The Morgan fingerprint density at radius 2 is 1.88 bits per heavy atom. The number of nitrogen functional groups attached to an aromatic ring is 1. The van der Waals surface area contributed by atoms with Crippen LogP contribution in [-0.2, 0) is 4.74 Å². The highest BCUT2D eigenvalue weighted by Crippen LogP contribution is 2.32. The number of carbonyl (C=O) groups is 1. The molecule has 2 fully saturated rings. The predicted molar refractivity (Wildman–Crippen MR) is 120 cm³/mol. The van der Waals surface area contributed by atoms with E-state index in [2.05, 4.69) is 24.8 Å². The monoisotopic (exact) mass is 453 g/mol. The lowest BCUT2D eigenvalue weighted by atomic mass is 10.2. The standard InChI is InChI=1S/C21H23N7O3S/c1-27(2)18(29)12-3-5-13(6-4-12)31-21-25-17(16-9-23-19(22)32-16)24-20(26-21)28-10-14-7-8-15(11-28)30-14/h3-6,9,14-15H,7-8,10-11H2,1-2H3,(H2,22,23). The van der Waals surface area contributed by atoms with Crippen molar-refractivity contribution in [2.24, 2.45) is 0 Å². The van der Waals surface area contributed by atoms with E-state index >= 15 is 0 Å². The van der Waals surface area contributed by atoms with Crippen LogP contribution in [-0.4, -0.2) is 70.1 Å². The Morgan fingerprint density at radius 1 is 1.16 bits per heavy atom. The minimum atomic E-state index is -0.0778. The Balaban J connectivity index is 1.45. The first kappa shape index (κ1) is 20.6. The summed E-state index contributed by atoms with van der Waals surface area (Å²) >= 11 is 1.31. The number of anilines is 2. The third-order valence-electron chi connectivity index (χ3n) is 5.39. The lowest BCUT2D eigenvalue weighted by Gasteiger charge is -2.32. The number of aromatic nitrogens is 4. The van der Waals surface area contributed by atoms with Gasteiger partial charge in [0.15, 0.2) is 11.0 Å². The largest absolute Gasteiger partial charge is 0.424 e. The van der Waals surface area contributed by atoms with Crippen LogP contribution in [0.2, 0.25) is 0 Å². The average Bonchev–Trinajstić information content (AvgIpc) is 3.38. The van der Waals surface area contributed by atoms with Crippen LogP contribution in [0.4, 0.5) is 11.1 Å². The molecule has 2 saturated heterocycles. The van der Waals surface area contributed by atoms with Crippen LogP contribution in [0.1, 0.15) is 23.2 Å². The molecular weight excluding hydrogens is 430 g/mol. The van der Waals surface area contributed by atoms with Gasteiger partial charge in [0.25, 0.3) is 5.91 Å². The van der Waals surface area contributed by atoms with E-state index in [4.69, 9.17) is 15.2 Å². The fourth-order valence-corrected chi connectivity index (χ4v) is 4.46. The molecule has 10 nitrogen and oxygen atoms in total. The van der Waals surface area contributed by atoms with E-state index in [1.54, 1.807) is 44.6 Å². The first-order valence-corrected chi connectivity index (χ1v) is 11.1. The molecule has 0 radical (unpaired) electrons. The molecule has 166 valence electrons. The minimum absolute atomic E-state index is 0.0778. The summed E-state index contributed by atoms with van der Waals surface area (Å²) < 4.78 is 11.9. The molecule has 2 unspecified atom stereocenters. The number of carbonyl (C=O) groups excluding carboxylic acids is 1. The zero-order chi connectivity index (χ0) is 22.2. The highest BCUT2D eigenvalue weighted by atomic mass is 32.1. The first-order valence-electron chi connectivity index (χ1n) is 10.3. The van der Waals surface area contributed by atoms with Crippen molar-refractivity contribution in [1.82, 2.24) is 24.8 Å².